The molecule has 2 aromatic rings. The van der Waals surface area contributed by atoms with E-state index in [1.807, 2.05) is 30.5 Å². The average Bonchev–Trinajstić information content (AvgIpc) is 2.63. The van der Waals surface area contributed by atoms with Gasteiger partial charge >= 0.3 is 6.01 Å². The van der Waals surface area contributed by atoms with E-state index in [0.717, 1.165) is 0 Å². The summed E-state index contributed by atoms with van der Waals surface area (Å²) in [5, 5.41) is 0.546. The molecule has 0 aliphatic rings. The Morgan fingerprint density at radius 1 is 1.35 bits per heavy atom. The highest BCUT2D eigenvalue weighted by Crippen LogP contribution is 2.30. The van der Waals surface area contributed by atoms with Crippen LogP contribution in [0.3, 0.4) is 0 Å². The molecule has 4 nitrogen and oxygen atoms in total. The summed E-state index contributed by atoms with van der Waals surface area (Å²) in [5.74, 6) is 1.14. The smallest absolute Gasteiger partial charge is 0.303 e. The van der Waals surface area contributed by atoms with Crippen LogP contribution in [-0.2, 0) is 0 Å². The molecule has 0 fully saturated rings. The molecule has 0 amide bonds. The molecule has 0 unspecified atom stereocenters. The van der Waals surface area contributed by atoms with Crippen LogP contribution in [0.1, 0.15) is 19.9 Å². The van der Waals surface area contributed by atoms with Crippen LogP contribution >= 0.6 is 11.6 Å². The Morgan fingerprint density at radius 2 is 2.06 bits per heavy atom. The second kappa shape index (κ2) is 4.67. The fourth-order valence-corrected chi connectivity index (χ4v) is 1.75. The molecular weight excluding hydrogens is 238 g/mol. The highest BCUT2D eigenvalue weighted by molar-refractivity contribution is 6.32. The second-order valence-electron chi connectivity index (χ2n) is 3.96. The number of imidazole rings is 1. The molecule has 0 atom stereocenters. The maximum absolute atomic E-state index is 6.02. The van der Waals surface area contributed by atoms with Gasteiger partial charge in [0.2, 0.25) is 0 Å². The number of aromatic nitrogens is 2. The minimum atomic E-state index is 0.176. The molecule has 0 saturated carbocycles. The van der Waals surface area contributed by atoms with Gasteiger partial charge in [-0.15, -0.1) is 0 Å². The lowest BCUT2D eigenvalue weighted by molar-refractivity contribution is 0.398. The van der Waals surface area contributed by atoms with Crippen LogP contribution in [-0.4, -0.2) is 9.55 Å². The number of nitrogen functional groups attached to an aromatic ring is 1. The van der Waals surface area contributed by atoms with E-state index in [0.29, 0.717) is 22.6 Å². The van der Waals surface area contributed by atoms with E-state index in [1.54, 1.807) is 18.3 Å². The molecule has 17 heavy (non-hydrogen) atoms. The van der Waals surface area contributed by atoms with Crippen molar-refractivity contribution >= 4 is 17.4 Å². The van der Waals surface area contributed by atoms with Gasteiger partial charge < -0.3 is 10.5 Å². The van der Waals surface area contributed by atoms with Crippen molar-refractivity contribution < 1.29 is 4.74 Å². The Morgan fingerprint density at radius 3 is 2.71 bits per heavy atom. The highest BCUT2D eigenvalue weighted by atomic mass is 35.5. The van der Waals surface area contributed by atoms with Gasteiger partial charge in [0.25, 0.3) is 0 Å². The maximum Gasteiger partial charge on any atom is 0.303 e. The van der Waals surface area contributed by atoms with Crippen LogP contribution in [0.5, 0.6) is 11.8 Å². The van der Waals surface area contributed by atoms with Gasteiger partial charge in [-0.1, -0.05) is 23.7 Å². The van der Waals surface area contributed by atoms with Crippen molar-refractivity contribution in [2.75, 3.05) is 5.73 Å². The third kappa shape index (κ3) is 2.36. The summed E-state index contributed by atoms with van der Waals surface area (Å²) in [4.78, 5) is 4.13. The van der Waals surface area contributed by atoms with Crippen molar-refractivity contribution in [3.8, 4) is 11.8 Å². The SMILES string of the molecule is CC(C)n1c(N)cnc1Oc1ccccc1Cl. The van der Waals surface area contributed by atoms with Gasteiger partial charge in [-0.3, -0.25) is 4.57 Å². The average molecular weight is 252 g/mol. The monoisotopic (exact) mass is 251 g/mol. The van der Waals surface area contributed by atoms with Gasteiger partial charge in [-0.05, 0) is 26.0 Å². The molecule has 2 rings (SSSR count). The predicted octanol–water partition coefficient (Wildman–Crippen LogP) is 3.49. The lowest BCUT2D eigenvalue weighted by Crippen LogP contribution is -2.06. The Hall–Kier alpha value is -1.68. The van der Waals surface area contributed by atoms with Crippen molar-refractivity contribution in [1.29, 1.82) is 0 Å². The van der Waals surface area contributed by atoms with Gasteiger partial charge in [-0.2, -0.15) is 0 Å². The summed E-state index contributed by atoms with van der Waals surface area (Å²) >= 11 is 6.02. The molecule has 0 bridgehead atoms. The van der Waals surface area contributed by atoms with Crippen LogP contribution in [0.4, 0.5) is 5.82 Å². The van der Waals surface area contributed by atoms with Gasteiger partial charge in [0.15, 0.2) is 0 Å². The van der Waals surface area contributed by atoms with Crippen molar-refractivity contribution in [2.24, 2.45) is 0 Å². The van der Waals surface area contributed by atoms with Crippen LogP contribution < -0.4 is 10.5 Å². The summed E-state index contributed by atoms with van der Waals surface area (Å²) in [6.07, 6.45) is 1.58. The zero-order valence-electron chi connectivity index (χ0n) is 9.72. The Labute approximate surface area is 105 Å². The van der Waals surface area contributed by atoms with Crippen LogP contribution in [0, 0.1) is 0 Å². The summed E-state index contributed by atoms with van der Waals surface area (Å²) in [6, 6.07) is 7.88. The maximum atomic E-state index is 6.02. The Balaban J connectivity index is 2.34. The Bertz CT molecular complexity index is 522. The number of hydrogen-bond donors (Lipinski definition) is 1. The molecule has 5 heteroatoms. The van der Waals surface area contributed by atoms with Crippen molar-refractivity contribution in [2.45, 2.75) is 19.9 Å². The summed E-state index contributed by atoms with van der Waals surface area (Å²) < 4.78 is 7.47. The molecule has 0 aliphatic heterocycles. The van der Waals surface area contributed by atoms with Crippen molar-refractivity contribution in [3.05, 3.63) is 35.5 Å². The fraction of sp³-hybridized carbons (Fsp3) is 0.250. The fourth-order valence-electron chi connectivity index (χ4n) is 1.58. The van der Waals surface area contributed by atoms with Gasteiger partial charge in [0.05, 0.1) is 11.2 Å². The van der Waals surface area contributed by atoms with Crippen LogP contribution in [0.15, 0.2) is 30.5 Å². The summed E-state index contributed by atoms with van der Waals surface area (Å²) in [5.41, 5.74) is 5.82. The van der Waals surface area contributed by atoms with E-state index < -0.39 is 0 Å². The second-order valence-corrected chi connectivity index (χ2v) is 4.37. The van der Waals surface area contributed by atoms with E-state index in [-0.39, 0.29) is 6.04 Å². The molecule has 0 saturated heterocycles. The highest BCUT2D eigenvalue weighted by Gasteiger charge is 2.13. The first kappa shape index (κ1) is 11.8. The van der Waals surface area contributed by atoms with Gasteiger partial charge in [0, 0.05) is 6.04 Å². The number of benzene rings is 1. The number of nitrogens with two attached hydrogens (primary N) is 1. The number of ether oxygens (including phenoxy) is 1. The standard InChI is InChI=1S/C12H14ClN3O/c1-8(2)16-11(14)7-15-12(16)17-10-6-4-3-5-9(10)13/h3-8H,14H2,1-2H3. The molecule has 1 aromatic carbocycles. The number of hydrogen-bond acceptors (Lipinski definition) is 3. The topological polar surface area (TPSA) is 53.1 Å². The number of halogens is 1. The molecule has 1 aromatic heterocycles. The lowest BCUT2D eigenvalue weighted by Gasteiger charge is -2.13. The number of nitrogens with zero attached hydrogens (tertiary/aromatic N) is 2. The van der Waals surface area contributed by atoms with Crippen molar-refractivity contribution in [3.63, 3.8) is 0 Å². The van der Waals surface area contributed by atoms with Crippen LogP contribution in [0.25, 0.3) is 0 Å². The molecule has 0 aliphatic carbocycles. The first-order valence-corrected chi connectivity index (χ1v) is 5.72. The quantitative estimate of drug-likeness (QED) is 0.909. The number of anilines is 1. The van der Waals surface area contributed by atoms with E-state index in [9.17, 15) is 0 Å². The molecule has 0 spiro atoms. The van der Waals surface area contributed by atoms with Gasteiger partial charge in [-0.25, -0.2) is 4.98 Å². The van der Waals surface area contributed by atoms with E-state index >= 15 is 0 Å². The lowest BCUT2D eigenvalue weighted by atomic mass is 10.3. The van der Waals surface area contributed by atoms with E-state index in [4.69, 9.17) is 22.1 Å². The minimum absolute atomic E-state index is 0.176. The van der Waals surface area contributed by atoms with E-state index in [2.05, 4.69) is 4.98 Å². The zero-order valence-corrected chi connectivity index (χ0v) is 10.5. The Kier molecular flexibility index (Phi) is 3.24. The summed E-state index contributed by atoms with van der Waals surface area (Å²) in [7, 11) is 0. The predicted molar refractivity (Wildman–Crippen MR) is 68.6 cm³/mol. The van der Waals surface area contributed by atoms with E-state index in [1.165, 1.54) is 0 Å². The zero-order chi connectivity index (χ0) is 12.4. The number of para-hydroxylation sites is 1. The molecular formula is C12H14ClN3O. The molecule has 90 valence electrons. The molecule has 1 heterocycles. The first-order chi connectivity index (χ1) is 8.09. The largest absolute Gasteiger partial charge is 0.424 e. The van der Waals surface area contributed by atoms with Crippen molar-refractivity contribution in [1.82, 2.24) is 9.55 Å². The molecule has 2 N–H and O–H groups in total. The summed E-state index contributed by atoms with van der Waals surface area (Å²) in [6.45, 7) is 4.02. The van der Waals surface area contributed by atoms with Gasteiger partial charge in [0.1, 0.15) is 11.6 Å². The normalized spacial score (nSPS) is 10.8. The van der Waals surface area contributed by atoms with Crippen LogP contribution in [0.2, 0.25) is 5.02 Å². The third-order valence-electron chi connectivity index (χ3n) is 2.35. The number of rotatable bonds is 3. The first-order valence-electron chi connectivity index (χ1n) is 5.34. The molecule has 0 radical (unpaired) electrons. The minimum Gasteiger partial charge on any atom is -0.424 e. The third-order valence-corrected chi connectivity index (χ3v) is 2.66.